The third-order valence-electron chi connectivity index (χ3n) is 2.75. The van der Waals surface area contributed by atoms with Crippen molar-refractivity contribution in [1.29, 1.82) is 0 Å². The van der Waals surface area contributed by atoms with Crippen LogP contribution < -0.4 is 9.47 Å². The van der Waals surface area contributed by atoms with Crippen molar-refractivity contribution >= 4 is 5.69 Å². The fraction of sp³-hybridized carbons (Fsp3) is 0.188. The van der Waals surface area contributed by atoms with Gasteiger partial charge in [0, 0.05) is 0 Å². The van der Waals surface area contributed by atoms with Crippen LogP contribution in [0.25, 0.3) is 4.85 Å². The molecule has 0 bridgehead atoms. The maximum absolute atomic E-state index is 6.86. The van der Waals surface area contributed by atoms with Gasteiger partial charge in [-0.3, -0.25) is 0 Å². The lowest BCUT2D eigenvalue weighted by molar-refractivity contribution is 0.120. The van der Waals surface area contributed by atoms with Crippen molar-refractivity contribution in [1.82, 2.24) is 0 Å². The molecular weight excluding hydrogens is 238 g/mol. The molecule has 19 heavy (non-hydrogen) atoms. The van der Waals surface area contributed by atoms with E-state index in [1.165, 1.54) is 5.56 Å². The van der Waals surface area contributed by atoms with Gasteiger partial charge in [-0.2, -0.15) is 0 Å². The van der Waals surface area contributed by atoms with Crippen molar-refractivity contribution in [2.24, 2.45) is 0 Å². The molecule has 0 aliphatic carbocycles. The molecule has 0 aromatic heterocycles. The first-order valence-corrected chi connectivity index (χ1v) is 6.14. The summed E-state index contributed by atoms with van der Waals surface area (Å²) in [5, 5.41) is 0. The highest BCUT2D eigenvalue weighted by atomic mass is 16.7. The van der Waals surface area contributed by atoms with Crippen LogP contribution in [-0.2, 0) is 6.42 Å². The van der Waals surface area contributed by atoms with E-state index in [-0.39, 0.29) is 6.79 Å². The normalized spacial score (nSPS) is 9.68. The molecule has 2 aromatic carbocycles. The topological polar surface area (TPSA) is 22.8 Å². The van der Waals surface area contributed by atoms with Crippen molar-refractivity contribution in [3.63, 3.8) is 0 Å². The Bertz CT molecular complexity index is 553. The van der Waals surface area contributed by atoms with Crippen LogP contribution in [0.5, 0.6) is 11.5 Å². The molecule has 0 saturated heterocycles. The Morgan fingerprint density at radius 1 is 0.895 bits per heavy atom. The van der Waals surface area contributed by atoms with Gasteiger partial charge in [0.05, 0.1) is 6.57 Å². The van der Waals surface area contributed by atoms with Gasteiger partial charge in [0.2, 0.25) is 6.79 Å². The lowest BCUT2D eigenvalue weighted by Crippen LogP contribution is -2.05. The molecule has 0 heterocycles. The summed E-state index contributed by atoms with van der Waals surface area (Å²) in [5.74, 6) is 1.48. The fourth-order valence-corrected chi connectivity index (χ4v) is 1.60. The van der Waals surface area contributed by atoms with Gasteiger partial charge in [0.1, 0.15) is 11.5 Å². The third kappa shape index (κ3) is 3.75. The second-order valence-corrected chi connectivity index (χ2v) is 4.01. The zero-order chi connectivity index (χ0) is 13.5. The molecule has 0 fully saturated rings. The molecule has 0 N–H and O–H groups in total. The van der Waals surface area contributed by atoms with Crippen LogP contribution in [-0.4, -0.2) is 6.79 Å². The average molecular weight is 253 g/mol. The highest BCUT2D eigenvalue weighted by Crippen LogP contribution is 2.18. The van der Waals surface area contributed by atoms with E-state index < -0.39 is 0 Å². The van der Waals surface area contributed by atoms with Crippen molar-refractivity contribution in [3.8, 4) is 11.5 Å². The number of ether oxygens (including phenoxy) is 2. The largest absolute Gasteiger partial charge is 0.458 e. The lowest BCUT2D eigenvalue weighted by Gasteiger charge is -2.08. The van der Waals surface area contributed by atoms with E-state index in [0.29, 0.717) is 11.4 Å². The monoisotopic (exact) mass is 253 g/mol. The summed E-state index contributed by atoms with van der Waals surface area (Å²) in [6.45, 7) is 9.13. The Morgan fingerprint density at radius 3 is 1.89 bits per heavy atom. The molecule has 0 aliphatic rings. The quantitative estimate of drug-likeness (QED) is 0.588. The summed E-state index contributed by atoms with van der Waals surface area (Å²) in [6, 6.07) is 14.9. The number of nitrogens with zero attached hydrogens (tertiary/aromatic N) is 1. The first-order valence-electron chi connectivity index (χ1n) is 6.14. The Labute approximate surface area is 113 Å². The molecule has 0 unspecified atom stereocenters. The average Bonchev–Trinajstić information content (AvgIpc) is 2.49. The van der Waals surface area contributed by atoms with Crippen LogP contribution in [0, 0.1) is 6.57 Å². The van der Waals surface area contributed by atoms with Gasteiger partial charge in [0.25, 0.3) is 0 Å². The molecule has 96 valence electrons. The zero-order valence-corrected chi connectivity index (χ0v) is 10.8. The number of aryl methyl sites for hydroxylation is 1. The smallest absolute Gasteiger partial charge is 0.230 e. The van der Waals surface area contributed by atoms with Crippen LogP contribution in [0.2, 0.25) is 0 Å². The Kier molecular flexibility index (Phi) is 4.41. The van der Waals surface area contributed by atoms with Gasteiger partial charge < -0.3 is 9.47 Å². The van der Waals surface area contributed by atoms with Crippen LogP contribution >= 0.6 is 0 Å². The van der Waals surface area contributed by atoms with Gasteiger partial charge in [0.15, 0.2) is 5.69 Å². The van der Waals surface area contributed by atoms with Crippen LogP contribution in [0.3, 0.4) is 0 Å². The van der Waals surface area contributed by atoms with Crippen molar-refractivity contribution in [2.45, 2.75) is 13.3 Å². The molecule has 3 nitrogen and oxygen atoms in total. The summed E-state index contributed by atoms with van der Waals surface area (Å²) in [4.78, 5) is 3.32. The molecule has 0 aliphatic heterocycles. The van der Waals surface area contributed by atoms with Crippen molar-refractivity contribution in [3.05, 3.63) is 65.5 Å². The molecule has 0 radical (unpaired) electrons. The van der Waals surface area contributed by atoms with Crippen LogP contribution in [0.1, 0.15) is 12.5 Å². The Balaban J connectivity index is 1.83. The Hall–Kier alpha value is -2.47. The minimum absolute atomic E-state index is 0.156. The molecule has 0 spiro atoms. The maximum atomic E-state index is 6.86. The fourth-order valence-electron chi connectivity index (χ4n) is 1.60. The first kappa shape index (κ1) is 13.0. The highest BCUT2D eigenvalue weighted by molar-refractivity contribution is 5.46. The molecule has 0 amide bonds. The second kappa shape index (κ2) is 6.46. The number of benzene rings is 2. The first-order chi connectivity index (χ1) is 9.31. The van der Waals surface area contributed by atoms with E-state index in [2.05, 4.69) is 11.8 Å². The molecular formula is C16H15NO2. The van der Waals surface area contributed by atoms with Crippen molar-refractivity contribution in [2.75, 3.05) is 6.79 Å². The van der Waals surface area contributed by atoms with E-state index in [1.807, 2.05) is 24.3 Å². The lowest BCUT2D eigenvalue weighted by atomic mass is 10.2. The van der Waals surface area contributed by atoms with E-state index in [4.69, 9.17) is 16.0 Å². The van der Waals surface area contributed by atoms with Crippen LogP contribution in [0.15, 0.2) is 48.5 Å². The minimum Gasteiger partial charge on any atom is -0.458 e. The Morgan fingerprint density at radius 2 is 1.42 bits per heavy atom. The molecule has 2 rings (SSSR count). The van der Waals surface area contributed by atoms with Gasteiger partial charge in [-0.15, -0.1) is 0 Å². The molecule has 3 heteroatoms. The molecule has 0 atom stereocenters. The summed E-state index contributed by atoms with van der Waals surface area (Å²) in [6.07, 6.45) is 1.02. The maximum Gasteiger partial charge on any atom is 0.230 e. The molecule has 2 aromatic rings. The minimum atomic E-state index is 0.156. The standard InChI is InChI=1S/C16H15NO2/c1-3-13-4-8-15(9-5-13)18-12-19-16-10-6-14(17-2)7-11-16/h4-11H,3,12H2,1H3. The zero-order valence-electron chi connectivity index (χ0n) is 10.8. The predicted molar refractivity (Wildman–Crippen MR) is 74.6 cm³/mol. The highest BCUT2D eigenvalue weighted by Gasteiger charge is 1.97. The SMILES string of the molecule is [C-]#[N+]c1ccc(OCOc2ccc(CC)cc2)cc1. The number of hydrogen-bond acceptors (Lipinski definition) is 2. The number of rotatable bonds is 5. The molecule has 0 saturated carbocycles. The van der Waals surface area contributed by atoms with Gasteiger partial charge in [-0.05, 0) is 36.2 Å². The summed E-state index contributed by atoms with van der Waals surface area (Å²) < 4.78 is 10.9. The summed E-state index contributed by atoms with van der Waals surface area (Å²) in [7, 11) is 0. The van der Waals surface area contributed by atoms with E-state index in [1.54, 1.807) is 24.3 Å². The summed E-state index contributed by atoms with van der Waals surface area (Å²) >= 11 is 0. The second-order valence-electron chi connectivity index (χ2n) is 4.01. The van der Waals surface area contributed by atoms with Crippen molar-refractivity contribution < 1.29 is 9.47 Å². The van der Waals surface area contributed by atoms with E-state index >= 15 is 0 Å². The van der Waals surface area contributed by atoms with Crippen LogP contribution in [0.4, 0.5) is 5.69 Å². The van der Waals surface area contributed by atoms with E-state index in [0.717, 1.165) is 12.2 Å². The van der Waals surface area contributed by atoms with Gasteiger partial charge in [-0.25, -0.2) is 4.85 Å². The number of hydrogen-bond donors (Lipinski definition) is 0. The van der Waals surface area contributed by atoms with E-state index in [9.17, 15) is 0 Å². The predicted octanol–water partition coefficient (Wildman–Crippen LogP) is 4.22. The van der Waals surface area contributed by atoms with Gasteiger partial charge >= 0.3 is 0 Å². The summed E-state index contributed by atoms with van der Waals surface area (Å²) in [5.41, 5.74) is 1.88. The van der Waals surface area contributed by atoms with Gasteiger partial charge in [-0.1, -0.05) is 31.2 Å². The third-order valence-corrected chi connectivity index (χ3v) is 2.75.